The van der Waals surface area contributed by atoms with Gasteiger partial charge in [0.1, 0.15) is 0 Å². The Kier molecular flexibility index (Phi) is 4.43. The van der Waals surface area contributed by atoms with Crippen molar-refractivity contribution in [2.45, 2.75) is 12.1 Å². The van der Waals surface area contributed by atoms with E-state index in [0.717, 1.165) is 11.8 Å². The quantitative estimate of drug-likeness (QED) is 0.367. The SMILES string of the molecule is CC(=O)c1ccc(NC(=O)CSc2nc3nc[nH]c3c(=O)[nH]2)cc1. The minimum absolute atomic E-state index is 0.0350. The summed E-state index contributed by atoms with van der Waals surface area (Å²) in [5.41, 5.74) is 1.45. The Bertz CT molecular complexity index is 961. The van der Waals surface area contributed by atoms with Gasteiger partial charge in [-0.15, -0.1) is 0 Å². The van der Waals surface area contributed by atoms with Crippen LogP contribution < -0.4 is 10.9 Å². The molecule has 2 aromatic heterocycles. The van der Waals surface area contributed by atoms with Crippen molar-refractivity contribution in [2.24, 2.45) is 0 Å². The summed E-state index contributed by atoms with van der Waals surface area (Å²) in [4.78, 5) is 48.3. The molecule has 0 spiro atoms. The lowest BCUT2D eigenvalue weighted by atomic mass is 10.1. The van der Waals surface area contributed by atoms with Crippen LogP contribution in [0, 0.1) is 0 Å². The summed E-state index contributed by atoms with van der Waals surface area (Å²) < 4.78 is 0. The summed E-state index contributed by atoms with van der Waals surface area (Å²) in [6.07, 6.45) is 1.39. The standard InChI is InChI=1S/C15H13N5O3S/c1-8(21)9-2-4-10(5-3-9)18-11(22)6-24-15-19-13-12(14(23)20-15)16-7-17-13/h2-5,7H,6H2,1H3,(H,18,22)(H2,16,17,19,20,23). The lowest BCUT2D eigenvalue weighted by Gasteiger charge is -2.05. The summed E-state index contributed by atoms with van der Waals surface area (Å²) in [7, 11) is 0. The van der Waals surface area contributed by atoms with Crippen molar-refractivity contribution in [3.63, 3.8) is 0 Å². The molecule has 0 radical (unpaired) electrons. The van der Waals surface area contributed by atoms with Gasteiger partial charge in [-0.3, -0.25) is 19.4 Å². The van der Waals surface area contributed by atoms with Crippen molar-refractivity contribution in [3.8, 4) is 0 Å². The van der Waals surface area contributed by atoms with E-state index < -0.39 is 0 Å². The molecule has 0 atom stereocenters. The van der Waals surface area contributed by atoms with Gasteiger partial charge in [0, 0.05) is 11.3 Å². The molecule has 0 fully saturated rings. The van der Waals surface area contributed by atoms with Crippen molar-refractivity contribution in [2.75, 3.05) is 11.1 Å². The highest BCUT2D eigenvalue weighted by Crippen LogP contribution is 2.15. The molecule has 0 aliphatic rings. The molecular formula is C15H13N5O3S. The first-order valence-electron chi connectivity index (χ1n) is 7.00. The predicted octanol–water partition coefficient (Wildman–Crippen LogP) is 1.58. The first-order chi connectivity index (χ1) is 11.5. The largest absolute Gasteiger partial charge is 0.339 e. The highest BCUT2D eigenvalue weighted by molar-refractivity contribution is 7.99. The molecular weight excluding hydrogens is 330 g/mol. The Morgan fingerprint density at radius 3 is 2.71 bits per heavy atom. The Labute approximate surface area is 140 Å². The fourth-order valence-corrected chi connectivity index (χ4v) is 2.67. The van der Waals surface area contributed by atoms with E-state index in [1.54, 1.807) is 24.3 Å². The molecule has 24 heavy (non-hydrogen) atoms. The van der Waals surface area contributed by atoms with Crippen molar-refractivity contribution in [3.05, 3.63) is 46.5 Å². The topological polar surface area (TPSA) is 121 Å². The van der Waals surface area contributed by atoms with Crippen molar-refractivity contribution in [1.29, 1.82) is 0 Å². The van der Waals surface area contributed by atoms with Gasteiger partial charge in [-0.25, -0.2) is 9.97 Å². The minimum atomic E-state index is -0.333. The number of fused-ring (bicyclic) bond motifs is 1. The van der Waals surface area contributed by atoms with Gasteiger partial charge in [0.2, 0.25) is 5.91 Å². The molecule has 0 aliphatic heterocycles. The molecule has 8 nitrogen and oxygen atoms in total. The molecule has 2 heterocycles. The van der Waals surface area contributed by atoms with E-state index in [0.29, 0.717) is 27.6 Å². The van der Waals surface area contributed by atoms with E-state index in [-0.39, 0.29) is 23.0 Å². The molecule has 0 saturated carbocycles. The Balaban J connectivity index is 1.62. The second-order valence-electron chi connectivity index (χ2n) is 4.94. The van der Waals surface area contributed by atoms with Crippen LogP contribution >= 0.6 is 11.8 Å². The highest BCUT2D eigenvalue weighted by atomic mass is 32.2. The maximum absolute atomic E-state index is 12.0. The molecule has 9 heteroatoms. The Hall–Kier alpha value is -2.94. The molecule has 0 aliphatic carbocycles. The van der Waals surface area contributed by atoms with Crippen LogP contribution in [0.1, 0.15) is 17.3 Å². The van der Waals surface area contributed by atoms with Gasteiger partial charge in [-0.1, -0.05) is 11.8 Å². The molecule has 0 unspecified atom stereocenters. The first-order valence-corrected chi connectivity index (χ1v) is 7.98. The normalized spacial score (nSPS) is 10.7. The van der Waals surface area contributed by atoms with E-state index in [2.05, 4.69) is 25.3 Å². The summed E-state index contributed by atoms with van der Waals surface area (Å²) >= 11 is 1.10. The number of ketones is 1. The number of benzene rings is 1. The van der Waals surface area contributed by atoms with Crippen LogP contribution in [0.15, 0.2) is 40.5 Å². The zero-order valence-electron chi connectivity index (χ0n) is 12.6. The number of carbonyl (C=O) groups is 2. The zero-order chi connectivity index (χ0) is 17.1. The molecule has 3 aromatic rings. The fourth-order valence-electron chi connectivity index (χ4n) is 2.01. The third kappa shape index (κ3) is 3.51. The number of Topliss-reactive ketones (excluding diaryl/α,β-unsaturated/α-hetero) is 1. The monoisotopic (exact) mass is 343 g/mol. The second kappa shape index (κ2) is 6.67. The third-order valence-corrected chi connectivity index (χ3v) is 4.06. The van der Waals surface area contributed by atoms with Gasteiger partial charge < -0.3 is 10.3 Å². The number of amides is 1. The number of carbonyl (C=O) groups excluding carboxylic acids is 2. The van der Waals surface area contributed by atoms with E-state index in [1.807, 2.05) is 0 Å². The average molecular weight is 343 g/mol. The number of nitrogens with zero attached hydrogens (tertiary/aromatic N) is 2. The minimum Gasteiger partial charge on any atom is -0.339 e. The number of nitrogens with one attached hydrogen (secondary N) is 3. The van der Waals surface area contributed by atoms with Crippen LogP contribution in [0.3, 0.4) is 0 Å². The molecule has 3 rings (SSSR count). The van der Waals surface area contributed by atoms with E-state index in [4.69, 9.17) is 0 Å². The fraction of sp³-hybridized carbons (Fsp3) is 0.133. The predicted molar refractivity (Wildman–Crippen MR) is 90.3 cm³/mol. The third-order valence-electron chi connectivity index (χ3n) is 3.19. The van der Waals surface area contributed by atoms with Crippen LogP contribution in [0.2, 0.25) is 0 Å². The second-order valence-corrected chi connectivity index (χ2v) is 5.91. The Morgan fingerprint density at radius 2 is 2.00 bits per heavy atom. The van der Waals surface area contributed by atoms with Gasteiger partial charge in [0.05, 0.1) is 12.1 Å². The molecule has 1 amide bonds. The van der Waals surface area contributed by atoms with Gasteiger partial charge in [-0.2, -0.15) is 0 Å². The maximum atomic E-state index is 12.0. The number of H-pyrrole nitrogens is 2. The van der Waals surface area contributed by atoms with E-state index >= 15 is 0 Å². The molecule has 1 aromatic carbocycles. The van der Waals surface area contributed by atoms with E-state index in [1.165, 1.54) is 13.3 Å². The van der Waals surface area contributed by atoms with Crippen molar-refractivity contribution < 1.29 is 9.59 Å². The molecule has 0 bridgehead atoms. The lowest BCUT2D eigenvalue weighted by Crippen LogP contribution is -2.15. The van der Waals surface area contributed by atoms with Gasteiger partial charge in [0.25, 0.3) is 5.56 Å². The maximum Gasteiger partial charge on any atom is 0.277 e. The number of imidazole rings is 1. The number of hydrogen-bond donors (Lipinski definition) is 3. The summed E-state index contributed by atoms with van der Waals surface area (Å²) in [6.45, 7) is 1.48. The lowest BCUT2D eigenvalue weighted by molar-refractivity contribution is -0.113. The van der Waals surface area contributed by atoms with Crippen LogP contribution in [0.25, 0.3) is 11.2 Å². The van der Waals surface area contributed by atoms with Gasteiger partial charge in [0.15, 0.2) is 22.1 Å². The number of aromatic amines is 2. The molecule has 122 valence electrons. The van der Waals surface area contributed by atoms with Crippen LogP contribution in [0.5, 0.6) is 0 Å². The van der Waals surface area contributed by atoms with Crippen molar-refractivity contribution >= 4 is 40.3 Å². The highest BCUT2D eigenvalue weighted by Gasteiger charge is 2.09. The van der Waals surface area contributed by atoms with Gasteiger partial charge >= 0.3 is 0 Å². The van der Waals surface area contributed by atoms with Gasteiger partial charge in [-0.05, 0) is 31.2 Å². The number of rotatable bonds is 5. The smallest absolute Gasteiger partial charge is 0.277 e. The number of anilines is 1. The van der Waals surface area contributed by atoms with Crippen molar-refractivity contribution in [1.82, 2.24) is 19.9 Å². The number of hydrogen-bond acceptors (Lipinski definition) is 6. The summed E-state index contributed by atoms with van der Waals surface area (Å²) in [5.74, 6) is -0.208. The zero-order valence-corrected chi connectivity index (χ0v) is 13.4. The summed E-state index contributed by atoms with van der Waals surface area (Å²) in [6, 6.07) is 6.62. The first kappa shape index (κ1) is 15.9. The number of aromatic nitrogens is 4. The molecule has 3 N–H and O–H groups in total. The summed E-state index contributed by atoms with van der Waals surface area (Å²) in [5, 5.41) is 3.03. The van der Waals surface area contributed by atoms with Crippen LogP contribution in [-0.4, -0.2) is 37.4 Å². The number of thioether (sulfide) groups is 1. The average Bonchev–Trinajstić information content (AvgIpc) is 3.02. The Morgan fingerprint density at radius 1 is 1.25 bits per heavy atom. The van der Waals surface area contributed by atoms with Crippen LogP contribution in [-0.2, 0) is 4.79 Å². The van der Waals surface area contributed by atoms with Crippen LogP contribution in [0.4, 0.5) is 5.69 Å². The van der Waals surface area contributed by atoms with E-state index in [9.17, 15) is 14.4 Å². The molecule has 0 saturated heterocycles.